The summed E-state index contributed by atoms with van der Waals surface area (Å²) in [5.41, 5.74) is 0.538. The maximum absolute atomic E-state index is 10.7. The van der Waals surface area contributed by atoms with E-state index in [1.165, 1.54) is 12.1 Å². The molecule has 0 saturated heterocycles. The van der Waals surface area contributed by atoms with Crippen LogP contribution in [0.5, 0.6) is 0 Å². The molecule has 0 radical (unpaired) electrons. The molecular weight excluding hydrogens is 284 g/mol. The minimum atomic E-state index is -0.491. The highest BCUT2D eigenvalue weighted by Crippen LogP contribution is 2.30. The second-order valence-corrected chi connectivity index (χ2v) is 4.61. The second kappa shape index (κ2) is 5.87. The van der Waals surface area contributed by atoms with Crippen LogP contribution in [-0.4, -0.2) is 15.1 Å². The molecular formula is C12H13ClN4O3. The number of anilines is 1. The topological polar surface area (TPSA) is 94.1 Å². The maximum Gasteiger partial charge on any atom is 0.271 e. The second-order valence-electron chi connectivity index (χ2n) is 4.20. The number of nitro benzene ring substituents is 1. The molecule has 0 spiro atoms. The summed E-state index contributed by atoms with van der Waals surface area (Å²) in [5, 5.41) is 17.9. The first kappa shape index (κ1) is 14.3. The number of benzene rings is 1. The summed E-state index contributed by atoms with van der Waals surface area (Å²) in [6.07, 6.45) is 0.715. The van der Waals surface area contributed by atoms with Crippen molar-refractivity contribution in [3.05, 3.63) is 45.1 Å². The van der Waals surface area contributed by atoms with E-state index in [0.717, 1.165) is 0 Å². The lowest BCUT2D eigenvalue weighted by atomic mass is 10.2. The van der Waals surface area contributed by atoms with Gasteiger partial charge in [0.1, 0.15) is 0 Å². The summed E-state index contributed by atoms with van der Waals surface area (Å²) in [4.78, 5) is 14.3. The number of hydrogen-bond donors (Lipinski definition) is 1. The smallest absolute Gasteiger partial charge is 0.271 e. The van der Waals surface area contributed by atoms with Crippen molar-refractivity contribution in [3.63, 3.8) is 0 Å². The van der Waals surface area contributed by atoms with E-state index in [1.807, 2.05) is 6.92 Å². The molecule has 8 heteroatoms. The molecule has 20 heavy (non-hydrogen) atoms. The Morgan fingerprint density at radius 1 is 1.55 bits per heavy atom. The van der Waals surface area contributed by atoms with Gasteiger partial charge in [0, 0.05) is 19.1 Å². The van der Waals surface area contributed by atoms with Gasteiger partial charge in [0.2, 0.25) is 5.89 Å². The fraction of sp³-hybridized carbons (Fsp3) is 0.333. The van der Waals surface area contributed by atoms with Gasteiger partial charge in [0.25, 0.3) is 5.69 Å². The summed E-state index contributed by atoms with van der Waals surface area (Å²) < 4.78 is 4.94. The molecule has 1 atom stereocenters. The van der Waals surface area contributed by atoms with Crippen LogP contribution in [-0.2, 0) is 0 Å². The van der Waals surface area contributed by atoms with E-state index in [-0.39, 0.29) is 16.8 Å². The number of hydrogen-bond acceptors (Lipinski definition) is 6. The Bertz CT molecular complexity index is 629. The van der Waals surface area contributed by atoms with Crippen molar-refractivity contribution in [1.82, 2.24) is 10.1 Å². The Balaban J connectivity index is 2.22. The largest absolute Gasteiger partial charge is 0.374 e. The minimum absolute atomic E-state index is 0.0518. The lowest BCUT2D eigenvalue weighted by molar-refractivity contribution is -0.384. The van der Waals surface area contributed by atoms with Crippen LogP contribution in [0.25, 0.3) is 0 Å². The average Bonchev–Trinajstić information content (AvgIpc) is 2.83. The summed E-state index contributed by atoms with van der Waals surface area (Å²) in [6.45, 7) is 3.67. The SMILES string of the molecule is CCC(Nc1ccc([N+](=O)[O-])cc1Cl)c1noc(C)n1. The van der Waals surface area contributed by atoms with Crippen molar-refractivity contribution >= 4 is 23.0 Å². The molecule has 1 N–H and O–H groups in total. The number of nitrogens with zero attached hydrogens (tertiary/aromatic N) is 3. The van der Waals surface area contributed by atoms with Crippen LogP contribution in [0.1, 0.15) is 31.1 Å². The minimum Gasteiger partial charge on any atom is -0.374 e. The molecule has 1 unspecified atom stereocenters. The molecule has 0 aliphatic carbocycles. The van der Waals surface area contributed by atoms with E-state index in [4.69, 9.17) is 16.1 Å². The Labute approximate surface area is 120 Å². The molecule has 0 amide bonds. The van der Waals surface area contributed by atoms with Crippen LogP contribution in [0, 0.1) is 17.0 Å². The molecule has 0 saturated carbocycles. The summed E-state index contributed by atoms with van der Waals surface area (Å²) in [5.74, 6) is 1.01. The van der Waals surface area contributed by atoms with Crippen molar-refractivity contribution in [1.29, 1.82) is 0 Å². The van der Waals surface area contributed by atoms with Gasteiger partial charge in [-0.05, 0) is 12.5 Å². The highest BCUT2D eigenvalue weighted by molar-refractivity contribution is 6.33. The van der Waals surface area contributed by atoms with Gasteiger partial charge in [-0.1, -0.05) is 23.7 Å². The predicted octanol–water partition coefficient (Wildman–Crippen LogP) is 3.50. The van der Waals surface area contributed by atoms with Gasteiger partial charge < -0.3 is 9.84 Å². The number of aryl methyl sites for hydroxylation is 1. The van der Waals surface area contributed by atoms with E-state index < -0.39 is 4.92 Å². The standard InChI is InChI=1S/C12H13ClN4O3/c1-3-10(12-14-7(2)20-16-12)15-11-5-4-8(17(18)19)6-9(11)13/h4-6,10,15H,3H2,1-2H3. The molecule has 1 aromatic carbocycles. The number of halogens is 1. The van der Waals surface area contributed by atoms with Crippen molar-refractivity contribution in [2.24, 2.45) is 0 Å². The number of aromatic nitrogens is 2. The highest BCUT2D eigenvalue weighted by Gasteiger charge is 2.17. The summed E-state index contributed by atoms with van der Waals surface area (Å²) >= 11 is 6.04. The molecule has 1 aromatic heterocycles. The molecule has 0 fully saturated rings. The molecule has 0 bridgehead atoms. The monoisotopic (exact) mass is 296 g/mol. The number of nitro groups is 1. The maximum atomic E-state index is 10.7. The van der Waals surface area contributed by atoms with E-state index in [1.54, 1.807) is 13.0 Å². The Morgan fingerprint density at radius 3 is 2.80 bits per heavy atom. The third-order valence-electron chi connectivity index (χ3n) is 2.76. The number of nitrogens with one attached hydrogen (secondary N) is 1. The number of rotatable bonds is 5. The van der Waals surface area contributed by atoms with Crippen molar-refractivity contribution in [3.8, 4) is 0 Å². The van der Waals surface area contributed by atoms with E-state index in [0.29, 0.717) is 23.8 Å². The third-order valence-corrected chi connectivity index (χ3v) is 3.07. The van der Waals surface area contributed by atoms with Gasteiger partial charge in [0.15, 0.2) is 5.82 Å². The van der Waals surface area contributed by atoms with Gasteiger partial charge >= 0.3 is 0 Å². The van der Waals surface area contributed by atoms with Crippen molar-refractivity contribution < 1.29 is 9.45 Å². The Hall–Kier alpha value is -2.15. The fourth-order valence-corrected chi connectivity index (χ4v) is 1.96. The molecule has 106 valence electrons. The summed E-state index contributed by atoms with van der Waals surface area (Å²) in [6, 6.07) is 4.09. The Kier molecular flexibility index (Phi) is 4.19. The van der Waals surface area contributed by atoms with Gasteiger partial charge in [-0.15, -0.1) is 0 Å². The van der Waals surface area contributed by atoms with Gasteiger partial charge in [-0.3, -0.25) is 10.1 Å². The third kappa shape index (κ3) is 3.05. The van der Waals surface area contributed by atoms with E-state index in [9.17, 15) is 10.1 Å². The molecule has 1 heterocycles. The van der Waals surface area contributed by atoms with E-state index in [2.05, 4.69) is 15.5 Å². The normalized spacial score (nSPS) is 12.2. The van der Waals surface area contributed by atoms with Crippen LogP contribution in [0.3, 0.4) is 0 Å². The molecule has 2 aromatic rings. The van der Waals surface area contributed by atoms with E-state index >= 15 is 0 Å². The van der Waals surface area contributed by atoms with Crippen LogP contribution in [0.15, 0.2) is 22.7 Å². The predicted molar refractivity (Wildman–Crippen MR) is 73.8 cm³/mol. The lowest BCUT2D eigenvalue weighted by Crippen LogP contribution is -2.11. The van der Waals surface area contributed by atoms with Crippen LogP contribution in [0.2, 0.25) is 5.02 Å². The van der Waals surface area contributed by atoms with Gasteiger partial charge in [-0.2, -0.15) is 4.98 Å². The molecule has 7 nitrogen and oxygen atoms in total. The van der Waals surface area contributed by atoms with Gasteiger partial charge in [0.05, 0.1) is 21.7 Å². The summed E-state index contributed by atoms with van der Waals surface area (Å²) in [7, 11) is 0. The number of non-ortho nitro benzene ring substituents is 1. The average molecular weight is 297 g/mol. The first-order valence-corrected chi connectivity index (χ1v) is 6.39. The zero-order valence-corrected chi connectivity index (χ0v) is 11.7. The molecule has 2 rings (SSSR count). The van der Waals surface area contributed by atoms with Gasteiger partial charge in [-0.25, -0.2) is 0 Å². The van der Waals surface area contributed by atoms with Crippen LogP contribution < -0.4 is 5.32 Å². The van der Waals surface area contributed by atoms with Crippen LogP contribution in [0.4, 0.5) is 11.4 Å². The zero-order chi connectivity index (χ0) is 14.7. The first-order chi connectivity index (χ1) is 9.51. The molecule has 0 aliphatic rings. The first-order valence-electron chi connectivity index (χ1n) is 6.02. The van der Waals surface area contributed by atoms with Crippen molar-refractivity contribution in [2.75, 3.05) is 5.32 Å². The Morgan fingerprint density at radius 2 is 2.30 bits per heavy atom. The zero-order valence-electron chi connectivity index (χ0n) is 11.0. The highest BCUT2D eigenvalue weighted by atomic mass is 35.5. The molecule has 0 aliphatic heterocycles. The lowest BCUT2D eigenvalue weighted by Gasteiger charge is -2.15. The van der Waals surface area contributed by atoms with Crippen LogP contribution >= 0.6 is 11.6 Å². The quantitative estimate of drug-likeness (QED) is 0.670. The fourth-order valence-electron chi connectivity index (χ4n) is 1.73. The van der Waals surface area contributed by atoms with Crippen molar-refractivity contribution in [2.45, 2.75) is 26.3 Å².